The van der Waals surface area contributed by atoms with Gasteiger partial charge in [-0.25, -0.2) is 0 Å². The first-order valence-electron chi connectivity index (χ1n) is 8.74. The first-order chi connectivity index (χ1) is 9.59. The summed E-state index contributed by atoms with van der Waals surface area (Å²) in [6.45, 7) is 6.04. The van der Waals surface area contributed by atoms with Gasteiger partial charge in [-0.1, -0.05) is 33.1 Å². The minimum absolute atomic E-state index is 0.120. The van der Waals surface area contributed by atoms with E-state index < -0.39 is 5.60 Å². The van der Waals surface area contributed by atoms with Gasteiger partial charge in [0.15, 0.2) is 0 Å². The number of likely N-dealkylation sites (tertiary alicyclic amines) is 1. The molecule has 2 rings (SSSR count). The largest absolute Gasteiger partial charge is 0.393 e. The van der Waals surface area contributed by atoms with Crippen molar-refractivity contribution in [2.45, 2.75) is 89.4 Å². The Bertz CT molecular complexity index is 291. The van der Waals surface area contributed by atoms with Crippen LogP contribution in [-0.4, -0.2) is 45.9 Å². The number of nitrogens with zero attached hydrogens (tertiary/aromatic N) is 1. The number of aliphatic hydroxyl groups is 2. The second-order valence-corrected chi connectivity index (χ2v) is 6.98. The van der Waals surface area contributed by atoms with E-state index in [4.69, 9.17) is 0 Å². The number of hydrogen-bond acceptors (Lipinski definition) is 3. The average molecular weight is 283 g/mol. The topological polar surface area (TPSA) is 43.7 Å². The van der Waals surface area contributed by atoms with Crippen LogP contribution in [0, 0.1) is 5.92 Å². The van der Waals surface area contributed by atoms with Gasteiger partial charge in [0.2, 0.25) is 0 Å². The SMILES string of the molecule is CCC(O)(CC)CN1CCCCC1C1CCCCC1O. The summed E-state index contributed by atoms with van der Waals surface area (Å²) in [6, 6.07) is 0.490. The Kier molecular flexibility index (Phi) is 5.88. The maximum atomic E-state index is 10.7. The summed E-state index contributed by atoms with van der Waals surface area (Å²) in [5.41, 5.74) is -0.546. The first-order valence-corrected chi connectivity index (χ1v) is 8.74. The second-order valence-electron chi connectivity index (χ2n) is 6.98. The summed E-state index contributed by atoms with van der Waals surface area (Å²) in [4.78, 5) is 2.50. The normalized spacial score (nSPS) is 33.3. The lowest BCUT2D eigenvalue weighted by Crippen LogP contribution is -2.53. The third-order valence-electron chi connectivity index (χ3n) is 5.75. The molecule has 1 saturated carbocycles. The molecule has 3 unspecified atom stereocenters. The van der Waals surface area contributed by atoms with Crippen molar-refractivity contribution >= 4 is 0 Å². The maximum absolute atomic E-state index is 10.7. The predicted octanol–water partition coefficient (Wildman–Crippen LogP) is 2.94. The first kappa shape index (κ1) is 16.3. The summed E-state index contributed by atoms with van der Waals surface area (Å²) in [6.07, 6.45) is 9.82. The molecule has 0 bridgehead atoms. The van der Waals surface area contributed by atoms with E-state index >= 15 is 0 Å². The Hall–Kier alpha value is -0.120. The van der Waals surface area contributed by atoms with Gasteiger partial charge in [0.05, 0.1) is 11.7 Å². The van der Waals surface area contributed by atoms with Gasteiger partial charge < -0.3 is 10.2 Å². The van der Waals surface area contributed by atoms with Gasteiger partial charge in [0.1, 0.15) is 0 Å². The van der Waals surface area contributed by atoms with Crippen LogP contribution in [0.2, 0.25) is 0 Å². The van der Waals surface area contributed by atoms with Gasteiger partial charge in [-0.15, -0.1) is 0 Å². The van der Waals surface area contributed by atoms with Crippen LogP contribution in [0.3, 0.4) is 0 Å². The van der Waals surface area contributed by atoms with E-state index in [0.717, 1.165) is 32.4 Å². The van der Waals surface area contributed by atoms with Gasteiger partial charge in [-0.3, -0.25) is 4.90 Å². The molecule has 2 aliphatic rings. The van der Waals surface area contributed by atoms with E-state index in [1.54, 1.807) is 0 Å². The lowest BCUT2D eigenvalue weighted by Gasteiger charge is -2.46. The molecular weight excluding hydrogens is 250 g/mol. The van der Waals surface area contributed by atoms with Crippen molar-refractivity contribution in [2.24, 2.45) is 5.92 Å². The van der Waals surface area contributed by atoms with E-state index in [0.29, 0.717) is 12.0 Å². The smallest absolute Gasteiger partial charge is 0.0769 e. The summed E-state index contributed by atoms with van der Waals surface area (Å²) >= 11 is 0. The zero-order valence-electron chi connectivity index (χ0n) is 13.4. The van der Waals surface area contributed by atoms with Crippen molar-refractivity contribution in [3.05, 3.63) is 0 Å². The monoisotopic (exact) mass is 283 g/mol. The van der Waals surface area contributed by atoms with Gasteiger partial charge in [0.25, 0.3) is 0 Å². The fraction of sp³-hybridized carbons (Fsp3) is 1.00. The van der Waals surface area contributed by atoms with Crippen molar-refractivity contribution < 1.29 is 10.2 Å². The molecule has 118 valence electrons. The molecule has 3 nitrogen and oxygen atoms in total. The third kappa shape index (κ3) is 3.75. The Balaban J connectivity index is 2.04. The minimum atomic E-state index is -0.546. The Morgan fingerprint density at radius 1 is 1.00 bits per heavy atom. The van der Waals surface area contributed by atoms with Crippen LogP contribution < -0.4 is 0 Å². The van der Waals surface area contributed by atoms with Gasteiger partial charge in [-0.05, 0) is 45.1 Å². The second kappa shape index (κ2) is 7.24. The lowest BCUT2D eigenvalue weighted by molar-refractivity contribution is -0.0560. The predicted molar refractivity (Wildman–Crippen MR) is 82.7 cm³/mol. The van der Waals surface area contributed by atoms with Crippen LogP contribution in [0.4, 0.5) is 0 Å². The van der Waals surface area contributed by atoms with Crippen molar-refractivity contribution in [1.29, 1.82) is 0 Å². The molecule has 0 spiro atoms. The highest BCUT2D eigenvalue weighted by Crippen LogP contribution is 2.35. The van der Waals surface area contributed by atoms with Crippen LogP contribution in [-0.2, 0) is 0 Å². The van der Waals surface area contributed by atoms with Gasteiger partial charge in [0, 0.05) is 18.5 Å². The number of hydrogen-bond donors (Lipinski definition) is 2. The van der Waals surface area contributed by atoms with Crippen LogP contribution >= 0.6 is 0 Å². The van der Waals surface area contributed by atoms with Crippen molar-refractivity contribution in [3.63, 3.8) is 0 Å². The molecule has 1 saturated heterocycles. The fourth-order valence-corrected chi connectivity index (χ4v) is 4.14. The van der Waals surface area contributed by atoms with E-state index in [2.05, 4.69) is 18.7 Å². The molecule has 0 amide bonds. The van der Waals surface area contributed by atoms with Crippen molar-refractivity contribution in [2.75, 3.05) is 13.1 Å². The molecular formula is C17H33NO2. The van der Waals surface area contributed by atoms with Gasteiger partial charge in [-0.2, -0.15) is 0 Å². The number of β-amino-alcohol motifs (C(OH)–C–C–N with tert-alkyl or cyclic N) is 1. The van der Waals surface area contributed by atoms with Crippen LogP contribution in [0.5, 0.6) is 0 Å². The molecule has 0 aromatic rings. The summed E-state index contributed by atoms with van der Waals surface area (Å²) < 4.78 is 0. The quantitative estimate of drug-likeness (QED) is 0.815. The summed E-state index contributed by atoms with van der Waals surface area (Å²) in [7, 11) is 0. The number of piperidine rings is 1. The molecule has 2 fully saturated rings. The molecule has 0 radical (unpaired) electrons. The van der Waals surface area contributed by atoms with E-state index in [9.17, 15) is 10.2 Å². The van der Waals surface area contributed by atoms with E-state index in [1.165, 1.54) is 38.5 Å². The molecule has 1 heterocycles. The Labute approximate surface area is 124 Å². The van der Waals surface area contributed by atoms with Crippen molar-refractivity contribution in [3.8, 4) is 0 Å². The van der Waals surface area contributed by atoms with E-state index in [1.807, 2.05) is 0 Å². The number of aliphatic hydroxyl groups excluding tert-OH is 1. The summed E-state index contributed by atoms with van der Waals surface area (Å²) in [5.74, 6) is 0.432. The molecule has 1 aliphatic heterocycles. The molecule has 2 N–H and O–H groups in total. The Morgan fingerprint density at radius 2 is 1.65 bits per heavy atom. The van der Waals surface area contributed by atoms with Crippen LogP contribution in [0.25, 0.3) is 0 Å². The van der Waals surface area contributed by atoms with Crippen LogP contribution in [0.1, 0.15) is 71.6 Å². The van der Waals surface area contributed by atoms with Crippen molar-refractivity contribution in [1.82, 2.24) is 4.90 Å². The maximum Gasteiger partial charge on any atom is 0.0769 e. The third-order valence-corrected chi connectivity index (χ3v) is 5.75. The highest BCUT2D eigenvalue weighted by Gasteiger charge is 2.38. The minimum Gasteiger partial charge on any atom is -0.393 e. The average Bonchev–Trinajstić information content (AvgIpc) is 2.48. The van der Waals surface area contributed by atoms with E-state index in [-0.39, 0.29) is 6.10 Å². The standard InChI is InChI=1S/C17H33NO2/c1-3-17(20,4-2)13-18-12-8-7-10-15(18)14-9-5-6-11-16(14)19/h14-16,19-20H,3-13H2,1-2H3. The number of rotatable bonds is 5. The zero-order chi connectivity index (χ0) is 14.6. The molecule has 0 aromatic heterocycles. The zero-order valence-corrected chi connectivity index (χ0v) is 13.4. The molecule has 20 heavy (non-hydrogen) atoms. The van der Waals surface area contributed by atoms with Gasteiger partial charge >= 0.3 is 0 Å². The molecule has 3 atom stereocenters. The molecule has 1 aliphatic carbocycles. The van der Waals surface area contributed by atoms with Crippen LogP contribution in [0.15, 0.2) is 0 Å². The lowest BCUT2D eigenvalue weighted by atomic mass is 9.77. The Morgan fingerprint density at radius 3 is 2.30 bits per heavy atom. The molecule has 3 heteroatoms. The highest BCUT2D eigenvalue weighted by atomic mass is 16.3. The highest BCUT2D eigenvalue weighted by molar-refractivity contribution is 4.92. The molecule has 0 aromatic carbocycles. The fourth-order valence-electron chi connectivity index (χ4n) is 4.14. The summed E-state index contributed by atoms with van der Waals surface area (Å²) in [5, 5.41) is 21.0.